The molecule has 0 unspecified atom stereocenters. The smallest absolute Gasteiger partial charge is 0.321 e. The van der Waals surface area contributed by atoms with Crippen LogP contribution >= 0.6 is 0 Å². The topological polar surface area (TPSA) is 124 Å². The Morgan fingerprint density at radius 1 is 0.968 bits per heavy atom. The molecule has 0 saturated carbocycles. The third-order valence-electron chi connectivity index (χ3n) is 4.94. The van der Waals surface area contributed by atoms with Gasteiger partial charge in [0.15, 0.2) is 0 Å². The number of urea groups is 1. The van der Waals surface area contributed by atoms with Crippen LogP contribution in [0.3, 0.4) is 0 Å². The fourth-order valence-corrected chi connectivity index (χ4v) is 3.41. The van der Waals surface area contributed by atoms with Gasteiger partial charge in [-0.3, -0.25) is 24.6 Å². The highest BCUT2D eigenvalue weighted by Crippen LogP contribution is 2.25. The van der Waals surface area contributed by atoms with Crippen molar-refractivity contribution in [3.63, 3.8) is 0 Å². The van der Waals surface area contributed by atoms with Crippen molar-refractivity contribution in [2.75, 3.05) is 0 Å². The van der Waals surface area contributed by atoms with Crippen molar-refractivity contribution in [1.29, 1.82) is 0 Å². The second kappa shape index (κ2) is 8.62. The minimum atomic E-state index is -1.23. The Bertz CT molecular complexity index is 1090. The van der Waals surface area contributed by atoms with E-state index < -0.39 is 29.8 Å². The van der Waals surface area contributed by atoms with Crippen molar-refractivity contribution in [2.45, 2.75) is 19.0 Å². The molecule has 0 spiro atoms. The van der Waals surface area contributed by atoms with Crippen LogP contribution in [0.4, 0.5) is 4.79 Å². The molecule has 0 saturated heterocycles. The molecule has 1 atom stereocenters. The molecule has 9 heteroatoms. The van der Waals surface area contributed by atoms with Gasteiger partial charge in [-0.2, -0.15) is 0 Å². The van der Waals surface area contributed by atoms with E-state index in [0.29, 0.717) is 5.69 Å². The lowest BCUT2D eigenvalue weighted by molar-refractivity contribution is -0.123. The molecule has 2 heterocycles. The van der Waals surface area contributed by atoms with Gasteiger partial charge in [0.25, 0.3) is 17.7 Å². The van der Waals surface area contributed by atoms with Crippen LogP contribution in [0.25, 0.3) is 0 Å². The SMILES string of the molecule is O=C(NCc1ccccc1)NC(=O)[C@@H](Cc1cnc[nH]1)N1C(=O)c2ccccc2C1=O. The Morgan fingerprint density at radius 3 is 2.23 bits per heavy atom. The van der Waals surface area contributed by atoms with E-state index in [-0.39, 0.29) is 24.1 Å². The number of rotatable bonds is 6. The average molecular weight is 417 g/mol. The van der Waals surface area contributed by atoms with Crippen LogP contribution in [0.15, 0.2) is 67.1 Å². The summed E-state index contributed by atoms with van der Waals surface area (Å²) in [6, 6.07) is 13.6. The fourth-order valence-electron chi connectivity index (χ4n) is 3.41. The summed E-state index contributed by atoms with van der Waals surface area (Å²) >= 11 is 0. The van der Waals surface area contributed by atoms with Crippen molar-refractivity contribution in [3.05, 3.63) is 89.5 Å². The number of hydrogen-bond donors (Lipinski definition) is 3. The van der Waals surface area contributed by atoms with Crippen LogP contribution in [0.2, 0.25) is 0 Å². The minimum absolute atomic E-state index is 0.0106. The van der Waals surface area contributed by atoms with Gasteiger partial charge in [-0.25, -0.2) is 9.78 Å². The summed E-state index contributed by atoms with van der Waals surface area (Å²) in [6.45, 7) is 0.220. The molecule has 0 bridgehead atoms. The van der Waals surface area contributed by atoms with E-state index in [4.69, 9.17) is 0 Å². The van der Waals surface area contributed by atoms with Crippen LogP contribution < -0.4 is 10.6 Å². The van der Waals surface area contributed by atoms with Gasteiger partial charge in [0.2, 0.25) is 0 Å². The first kappa shape index (κ1) is 20.0. The van der Waals surface area contributed by atoms with E-state index in [1.807, 2.05) is 30.3 Å². The normalized spacial score (nSPS) is 13.6. The molecule has 3 aromatic rings. The van der Waals surface area contributed by atoms with E-state index in [9.17, 15) is 19.2 Å². The first-order valence-corrected chi connectivity index (χ1v) is 9.61. The number of aromatic nitrogens is 2. The lowest BCUT2D eigenvalue weighted by atomic mass is 10.1. The van der Waals surface area contributed by atoms with E-state index in [0.717, 1.165) is 10.5 Å². The molecule has 0 fully saturated rings. The maximum absolute atomic E-state index is 13.0. The summed E-state index contributed by atoms with van der Waals surface area (Å²) in [4.78, 5) is 58.7. The predicted molar refractivity (Wildman–Crippen MR) is 110 cm³/mol. The number of benzene rings is 2. The highest BCUT2D eigenvalue weighted by atomic mass is 16.2. The number of aromatic amines is 1. The molecule has 31 heavy (non-hydrogen) atoms. The number of fused-ring (bicyclic) bond motifs is 1. The molecule has 4 rings (SSSR count). The Hall–Kier alpha value is -4.27. The third-order valence-corrected chi connectivity index (χ3v) is 4.94. The monoisotopic (exact) mass is 417 g/mol. The zero-order valence-electron chi connectivity index (χ0n) is 16.4. The largest absolute Gasteiger partial charge is 0.348 e. The summed E-state index contributed by atoms with van der Waals surface area (Å²) < 4.78 is 0. The second-order valence-corrected chi connectivity index (χ2v) is 6.98. The number of H-pyrrole nitrogens is 1. The third kappa shape index (κ3) is 4.20. The molecular formula is C22H19N5O4. The number of amides is 5. The summed E-state index contributed by atoms with van der Waals surface area (Å²) in [7, 11) is 0. The van der Waals surface area contributed by atoms with Gasteiger partial charge in [-0.05, 0) is 17.7 Å². The molecule has 0 aliphatic carbocycles. The number of nitrogens with one attached hydrogen (secondary N) is 3. The number of nitrogens with zero attached hydrogens (tertiary/aromatic N) is 2. The van der Waals surface area contributed by atoms with Gasteiger partial charge >= 0.3 is 6.03 Å². The molecule has 5 amide bonds. The molecule has 0 radical (unpaired) electrons. The van der Waals surface area contributed by atoms with Crippen molar-refractivity contribution < 1.29 is 19.2 Å². The van der Waals surface area contributed by atoms with Gasteiger partial charge in [0, 0.05) is 24.9 Å². The van der Waals surface area contributed by atoms with Crippen molar-refractivity contribution in [2.24, 2.45) is 0 Å². The fraction of sp³-hybridized carbons (Fsp3) is 0.136. The summed E-state index contributed by atoms with van der Waals surface area (Å²) in [6.07, 6.45) is 2.91. The zero-order chi connectivity index (χ0) is 21.8. The Labute approximate surface area is 177 Å². The second-order valence-electron chi connectivity index (χ2n) is 6.98. The average Bonchev–Trinajstić information content (AvgIpc) is 3.38. The van der Waals surface area contributed by atoms with Crippen molar-refractivity contribution in [3.8, 4) is 0 Å². The van der Waals surface area contributed by atoms with E-state index in [1.54, 1.807) is 12.1 Å². The van der Waals surface area contributed by atoms with Gasteiger partial charge in [0.05, 0.1) is 17.5 Å². The highest BCUT2D eigenvalue weighted by Gasteiger charge is 2.43. The van der Waals surface area contributed by atoms with Gasteiger partial charge < -0.3 is 10.3 Å². The summed E-state index contributed by atoms with van der Waals surface area (Å²) in [5, 5.41) is 4.83. The number of hydrogen-bond acceptors (Lipinski definition) is 5. The molecular weight excluding hydrogens is 398 g/mol. The quantitative estimate of drug-likeness (QED) is 0.526. The summed E-state index contributed by atoms with van der Waals surface area (Å²) in [5.74, 6) is -1.93. The van der Waals surface area contributed by atoms with Crippen molar-refractivity contribution >= 4 is 23.8 Å². The summed E-state index contributed by atoms with van der Waals surface area (Å²) in [5.41, 5.74) is 1.85. The highest BCUT2D eigenvalue weighted by molar-refractivity contribution is 6.23. The molecule has 2 aromatic carbocycles. The number of carbonyl (C=O) groups excluding carboxylic acids is 4. The molecule has 1 aliphatic heterocycles. The van der Waals surface area contributed by atoms with Crippen LogP contribution in [-0.4, -0.2) is 44.7 Å². The van der Waals surface area contributed by atoms with Crippen LogP contribution in [-0.2, 0) is 17.8 Å². The van der Waals surface area contributed by atoms with E-state index in [2.05, 4.69) is 20.6 Å². The van der Waals surface area contributed by atoms with Crippen LogP contribution in [0, 0.1) is 0 Å². The molecule has 1 aliphatic rings. The van der Waals surface area contributed by atoms with E-state index >= 15 is 0 Å². The minimum Gasteiger partial charge on any atom is -0.348 e. The Morgan fingerprint density at radius 2 is 1.61 bits per heavy atom. The van der Waals surface area contributed by atoms with E-state index in [1.165, 1.54) is 24.7 Å². The number of carbonyl (C=O) groups is 4. The van der Waals surface area contributed by atoms with Gasteiger partial charge in [-0.1, -0.05) is 42.5 Å². The first-order valence-electron chi connectivity index (χ1n) is 9.61. The number of imide groups is 2. The standard InChI is InChI=1S/C22H19N5O4/c28-19(26-22(31)24-11-14-6-2-1-3-7-14)18(10-15-12-23-13-25-15)27-20(29)16-8-4-5-9-17(16)21(27)30/h1-9,12-13,18H,10-11H2,(H,23,25)(H2,24,26,28,31)/t18-/m1/s1. The molecule has 156 valence electrons. The van der Waals surface area contributed by atoms with Gasteiger partial charge in [0.1, 0.15) is 6.04 Å². The van der Waals surface area contributed by atoms with Crippen molar-refractivity contribution in [1.82, 2.24) is 25.5 Å². The lowest BCUT2D eigenvalue weighted by Gasteiger charge is -2.24. The van der Waals surface area contributed by atoms with Crippen LogP contribution in [0.1, 0.15) is 32.0 Å². The first-order chi connectivity index (χ1) is 15.0. The maximum atomic E-state index is 13.0. The Kier molecular flexibility index (Phi) is 5.57. The predicted octanol–water partition coefficient (Wildman–Crippen LogP) is 1.64. The molecule has 9 nitrogen and oxygen atoms in total. The lowest BCUT2D eigenvalue weighted by Crippen LogP contribution is -2.53. The van der Waals surface area contributed by atoms with Crippen LogP contribution in [0.5, 0.6) is 0 Å². The molecule has 1 aromatic heterocycles. The number of imidazole rings is 1. The molecule has 3 N–H and O–H groups in total. The zero-order valence-corrected chi connectivity index (χ0v) is 16.4. The Balaban J connectivity index is 1.51. The maximum Gasteiger partial charge on any atom is 0.321 e. The van der Waals surface area contributed by atoms with Gasteiger partial charge in [-0.15, -0.1) is 0 Å².